The molecule has 0 saturated heterocycles. The summed E-state index contributed by atoms with van der Waals surface area (Å²) in [4.78, 5) is 13.3. The summed E-state index contributed by atoms with van der Waals surface area (Å²) in [5, 5.41) is 3.35. The molecule has 0 aromatic heterocycles. The average molecular weight is 287 g/mol. The maximum Gasteiger partial charge on any atom is 0.223 e. The Balaban J connectivity index is 2.45. The Morgan fingerprint density at radius 3 is 2.79 bits per heavy atom. The van der Waals surface area contributed by atoms with Crippen LogP contribution in [0.5, 0.6) is 0 Å². The monoisotopic (exact) mass is 286 g/mol. The maximum atomic E-state index is 13.0. The molecular formula is C14H20ClFN2O. The third kappa shape index (κ3) is 4.80. The van der Waals surface area contributed by atoms with Crippen LogP contribution in [0.2, 0.25) is 5.02 Å². The summed E-state index contributed by atoms with van der Waals surface area (Å²) in [6, 6.07) is 4.68. The topological polar surface area (TPSA) is 32.3 Å². The van der Waals surface area contributed by atoms with Gasteiger partial charge in [0, 0.05) is 32.6 Å². The number of carbonyl (C=O) groups is 1. The number of benzene rings is 1. The lowest BCUT2D eigenvalue weighted by Crippen LogP contribution is -2.30. The zero-order valence-electron chi connectivity index (χ0n) is 11.5. The molecule has 1 aromatic rings. The summed E-state index contributed by atoms with van der Waals surface area (Å²) in [7, 11) is 1.78. The fourth-order valence-electron chi connectivity index (χ4n) is 1.66. The van der Waals surface area contributed by atoms with Gasteiger partial charge in [-0.1, -0.05) is 17.7 Å². The van der Waals surface area contributed by atoms with Crippen molar-refractivity contribution in [3.8, 4) is 0 Å². The minimum absolute atomic E-state index is 0.0258. The van der Waals surface area contributed by atoms with Gasteiger partial charge in [0.2, 0.25) is 5.91 Å². The first kappa shape index (κ1) is 15.9. The predicted molar refractivity (Wildman–Crippen MR) is 75.8 cm³/mol. The zero-order chi connectivity index (χ0) is 14.4. The summed E-state index contributed by atoms with van der Waals surface area (Å²) < 4.78 is 13.0. The molecule has 0 aliphatic rings. The maximum absolute atomic E-state index is 13.0. The molecule has 1 atom stereocenters. The number of hydrogen-bond donors (Lipinski definition) is 1. The number of amides is 1. The van der Waals surface area contributed by atoms with Crippen molar-refractivity contribution < 1.29 is 9.18 Å². The molecule has 0 spiro atoms. The van der Waals surface area contributed by atoms with Crippen molar-refractivity contribution in [1.29, 1.82) is 0 Å². The van der Waals surface area contributed by atoms with Crippen molar-refractivity contribution in [2.45, 2.75) is 26.3 Å². The summed E-state index contributed by atoms with van der Waals surface area (Å²) in [6.45, 7) is 5.19. The second-order valence-corrected chi connectivity index (χ2v) is 4.91. The Kier molecular flexibility index (Phi) is 6.25. The van der Waals surface area contributed by atoms with Gasteiger partial charge in [0.1, 0.15) is 5.82 Å². The standard InChI is InChI=1S/C14H20ClFN2O/c1-4-18(3)14(19)7-8-17-10(2)11-5-6-13(16)12(15)9-11/h5-6,9-10,17H,4,7-8H2,1-3H3/t10-/m1/s1. The van der Waals surface area contributed by atoms with Crippen LogP contribution in [0.4, 0.5) is 4.39 Å². The molecule has 1 amide bonds. The van der Waals surface area contributed by atoms with Crippen molar-refractivity contribution in [2.75, 3.05) is 20.1 Å². The van der Waals surface area contributed by atoms with Crippen LogP contribution in [0.1, 0.15) is 31.9 Å². The number of hydrogen-bond acceptors (Lipinski definition) is 2. The van der Waals surface area contributed by atoms with Gasteiger partial charge in [0.05, 0.1) is 5.02 Å². The van der Waals surface area contributed by atoms with Gasteiger partial charge in [-0.25, -0.2) is 4.39 Å². The van der Waals surface area contributed by atoms with Gasteiger partial charge < -0.3 is 10.2 Å². The van der Waals surface area contributed by atoms with Crippen molar-refractivity contribution >= 4 is 17.5 Å². The van der Waals surface area contributed by atoms with E-state index in [4.69, 9.17) is 11.6 Å². The normalized spacial score (nSPS) is 12.3. The minimum Gasteiger partial charge on any atom is -0.346 e. The van der Waals surface area contributed by atoms with Crippen LogP contribution < -0.4 is 5.32 Å². The molecule has 106 valence electrons. The lowest BCUT2D eigenvalue weighted by Gasteiger charge is -2.17. The van der Waals surface area contributed by atoms with E-state index in [0.29, 0.717) is 19.5 Å². The van der Waals surface area contributed by atoms with Gasteiger partial charge in [-0.2, -0.15) is 0 Å². The van der Waals surface area contributed by atoms with Crippen molar-refractivity contribution in [3.63, 3.8) is 0 Å². The quantitative estimate of drug-likeness (QED) is 0.872. The van der Waals surface area contributed by atoms with E-state index in [1.54, 1.807) is 24.1 Å². The Hall–Kier alpha value is -1.13. The predicted octanol–water partition coefficient (Wildman–Crippen LogP) is 3.00. The summed E-state index contributed by atoms with van der Waals surface area (Å²) in [6.07, 6.45) is 0.448. The molecule has 1 rings (SSSR count). The first-order valence-corrected chi connectivity index (χ1v) is 6.75. The van der Waals surface area contributed by atoms with E-state index in [9.17, 15) is 9.18 Å². The molecule has 0 fully saturated rings. The molecule has 0 bridgehead atoms. The van der Waals surface area contributed by atoms with E-state index in [1.165, 1.54) is 6.07 Å². The van der Waals surface area contributed by atoms with E-state index in [-0.39, 0.29) is 17.0 Å². The molecule has 0 aliphatic heterocycles. The number of rotatable bonds is 6. The molecule has 0 heterocycles. The van der Waals surface area contributed by atoms with Crippen molar-refractivity contribution in [3.05, 3.63) is 34.6 Å². The Bertz CT molecular complexity index is 439. The highest BCUT2D eigenvalue weighted by Crippen LogP contribution is 2.20. The average Bonchev–Trinajstić information content (AvgIpc) is 2.40. The first-order chi connectivity index (χ1) is 8.95. The summed E-state index contributed by atoms with van der Waals surface area (Å²) >= 11 is 5.74. The zero-order valence-corrected chi connectivity index (χ0v) is 12.3. The molecule has 0 radical (unpaired) electrons. The minimum atomic E-state index is -0.419. The molecule has 0 saturated carbocycles. The van der Waals surface area contributed by atoms with Crippen LogP contribution in [0, 0.1) is 5.82 Å². The highest BCUT2D eigenvalue weighted by Gasteiger charge is 2.10. The molecule has 5 heteroatoms. The number of nitrogens with zero attached hydrogens (tertiary/aromatic N) is 1. The van der Waals surface area contributed by atoms with E-state index < -0.39 is 5.82 Å². The molecule has 1 aromatic carbocycles. The van der Waals surface area contributed by atoms with Gasteiger partial charge in [-0.05, 0) is 31.5 Å². The third-order valence-electron chi connectivity index (χ3n) is 3.13. The number of nitrogens with one attached hydrogen (secondary N) is 1. The molecular weight excluding hydrogens is 267 g/mol. The fourth-order valence-corrected chi connectivity index (χ4v) is 1.85. The van der Waals surface area contributed by atoms with E-state index in [0.717, 1.165) is 5.56 Å². The van der Waals surface area contributed by atoms with Gasteiger partial charge in [-0.3, -0.25) is 4.79 Å². The summed E-state index contributed by atoms with van der Waals surface area (Å²) in [5.74, 6) is -0.309. The Morgan fingerprint density at radius 1 is 1.53 bits per heavy atom. The van der Waals surface area contributed by atoms with Crippen molar-refractivity contribution in [1.82, 2.24) is 10.2 Å². The molecule has 3 nitrogen and oxygen atoms in total. The van der Waals surface area contributed by atoms with Crippen LogP contribution >= 0.6 is 11.6 Å². The number of halogens is 2. The van der Waals surface area contributed by atoms with Crippen LogP contribution in [-0.4, -0.2) is 30.9 Å². The van der Waals surface area contributed by atoms with Crippen molar-refractivity contribution in [2.24, 2.45) is 0 Å². The molecule has 19 heavy (non-hydrogen) atoms. The molecule has 0 unspecified atom stereocenters. The summed E-state index contributed by atoms with van der Waals surface area (Å²) in [5.41, 5.74) is 0.905. The third-order valence-corrected chi connectivity index (χ3v) is 3.42. The van der Waals surface area contributed by atoms with Crippen LogP contribution in [0.3, 0.4) is 0 Å². The lowest BCUT2D eigenvalue weighted by atomic mass is 10.1. The Morgan fingerprint density at radius 2 is 2.21 bits per heavy atom. The highest BCUT2D eigenvalue weighted by molar-refractivity contribution is 6.30. The highest BCUT2D eigenvalue weighted by atomic mass is 35.5. The van der Waals surface area contributed by atoms with Gasteiger partial charge in [0.15, 0.2) is 0 Å². The van der Waals surface area contributed by atoms with E-state index in [2.05, 4.69) is 5.32 Å². The van der Waals surface area contributed by atoms with E-state index in [1.807, 2.05) is 13.8 Å². The molecule has 0 aliphatic carbocycles. The van der Waals surface area contributed by atoms with E-state index >= 15 is 0 Å². The van der Waals surface area contributed by atoms with Crippen LogP contribution in [0.15, 0.2) is 18.2 Å². The lowest BCUT2D eigenvalue weighted by molar-refractivity contribution is -0.129. The SMILES string of the molecule is CCN(C)C(=O)CCN[C@H](C)c1ccc(F)c(Cl)c1. The fraction of sp³-hybridized carbons (Fsp3) is 0.500. The van der Waals surface area contributed by atoms with Gasteiger partial charge in [-0.15, -0.1) is 0 Å². The van der Waals surface area contributed by atoms with Crippen LogP contribution in [0.25, 0.3) is 0 Å². The number of carbonyl (C=O) groups excluding carboxylic acids is 1. The van der Waals surface area contributed by atoms with Gasteiger partial charge >= 0.3 is 0 Å². The molecule has 1 N–H and O–H groups in total. The second-order valence-electron chi connectivity index (χ2n) is 4.51. The smallest absolute Gasteiger partial charge is 0.223 e. The first-order valence-electron chi connectivity index (χ1n) is 6.38. The Labute approximate surface area is 118 Å². The second kappa shape index (κ2) is 7.46. The van der Waals surface area contributed by atoms with Crippen LogP contribution in [-0.2, 0) is 4.79 Å². The van der Waals surface area contributed by atoms with Gasteiger partial charge in [0.25, 0.3) is 0 Å². The largest absolute Gasteiger partial charge is 0.346 e.